The van der Waals surface area contributed by atoms with Gasteiger partial charge < -0.3 is 24.6 Å². The second-order valence-corrected chi connectivity index (χ2v) is 8.13. The normalized spacial score (nSPS) is 16.3. The molecule has 2 aromatic carbocycles. The fourth-order valence-electron chi connectivity index (χ4n) is 2.78. The van der Waals surface area contributed by atoms with Crippen molar-refractivity contribution in [2.24, 2.45) is 4.99 Å². The Labute approximate surface area is 180 Å². The van der Waals surface area contributed by atoms with Gasteiger partial charge in [0.05, 0.1) is 36.5 Å². The average molecular weight is 444 g/mol. The van der Waals surface area contributed by atoms with Crippen LogP contribution < -0.4 is 19.5 Å². The molecule has 0 bridgehead atoms. The zero-order chi connectivity index (χ0) is 21.3. The lowest BCUT2D eigenvalue weighted by Gasteiger charge is -2.09. The number of ether oxygens (including phenoxy) is 3. The van der Waals surface area contributed by atoms with Gasteiger partial charge in [-0.05, 0) is 53.7 Å². The van der Waals surface area contributed by atoms with Gasteiger partial charge in [0, 0.05) is 0 Å². The van der Waals surface area contributed by atoms with Crippen molar-refractivity contribution in [3.63, 3.8) is 0 Å². The smallest absolute Gasteiger partial charge is 0.264 e. The molecule has 0 atom stereocenters. The van der Waals surface area contributed by atoms with E-state index in [0.717, 1.165) is 16.0 Å². The van der Waals surface area contributed by atoms with Gasteiger partial charge in [0.2, 0.25) is 10.9 Å². The maximum atomic E-state index is 12.4. The third-order valence-electron chi connectivity index (χ3n) is 4.23. The van der Waals surface area contributed by atoms with Gasteiger partial charge in [-0.25, -0.2) is 4.98 Å². The molecule has 0 unspecified atom stereocenters. The summed E-state index contributed by atoms with van der Waals surface area (Å²) in [6.45, 7) is 0. The number of thioether (sulfide) groups is 1. The Morgan fingerprint density at radius 3 is 2.50 bits per heavy atom. The van der Waals surface area contributed by atoms with Crippen molar-refractivity contribution < 1.29 is 24.1 Å². The molecule has 1 aliphatic heterocycles. The minimum Gasteiger partial charge on any atom is -0.502 e. The van der Waals surface area contributed by atoms with Crippen molar-refractivity contribution in [2.45, 2.75) is 0 Å². The van der Waals surface area contributed by atoms with E-state index in [-0.39, 0.29) is 23.2 Å². The number of benzene rings is 2. The first-order valence-electron chi connectivity index (χ1n) is 8.70. The molecule has 30 heavy (non-hydrogen) atoms. The maximum Gasteiger partial charge on any atom is 0.264 e. The quantitative estimate of drug-likeness (QED) is 0.576. The monoisotopic (exact) mass is 443 g/mol. The number of amides is 1. The Balaban J connectivity index is 1.61. The third-order valence-corrected chi connectivity index (χ3v) is 6.05. The number of phenols is 1. The molecular formula is C20H17N3O5S2. The molecule has 154 valence electrons. The van der Waals surface area contributed by atoms with Crippen LogP contribution in [-0.4, -0.2) is 42.5 Å². The number of carbonyl (C=O) groups excluding carboxylic acids is 1. The van der Waals surface area contributed by atoms with E-state index in [4.69, 9.17) is 14.2 Å². The lowest BCUT2D eigenvalue weighted by atomic mass is 10.1. The fraction of sp³-hybridized carbons (Fsp3) is 0.150. The van der Waals surface area contributed by atoms with E-state index in [1.165, 1.54) is 37.3 Å². The van der Waals surface area contributed by atoms with E-state index in [1.807, 2.05) is 18.2 Å². The highest BCUT2D eigenvalue weighted by Gasteiger charge is 2.25. The lowest BCUT2D eigenvalue weighted by Crippen LogP contribution is -2.19. The lowest BCUT2D eigenvalue weighted by molar-refractivity contribution is -0.115. The summed E-state index contributed by atoms with van der Waals surface area (Å²) in [4.78, 5) is 21.8. The molecule has 4 rings (SSSR count). The summed E-state index contributed by atoms with van der Waals surface area (Å²) < 4.78 is 16.5. The summed E-state index contributed by atoms with van der Waals surface area (Å²) in [6, 6.07) is 8.84. The van der Waals surface area contributed by atoms with Crippen LogP contribution in [0.3, 0.4) is 0 Å². The zero-order valence-corrected chi connectivity index (χ0v) is 17.9. The van der Waals surface area contributed by atoms with Crippen molar-refractivity contribution in [3.8, 4) is 23.0 Å². The van der Waals surface area contributed by atoms with Crippen molar-refractivity contribution in [1.82, 2.24) is 10.3 Å². The first-order chi connectivity index (χ1) is 14.5. The number of aromatic hydroxyl groups is 1. The van der Waals surface area contributed by atoms with Crippen LogP contribution in [-0.2, 0) is 4.79 Å². The topological polar surface area (TPSA) is 102 Å². The van der Waals surface area contributed by atoms with Crippen molar-refractivity contribution in [2.75, 3.05) is 21.3 Å². The van der Waals surface area contributed by atoms with Crippen LogP contribution >= 0.6 is 23.1 Å². The molecule has 1 aromatic heterocycles. The minimum absolute atomic E-state index is 0.0969. The number of thiazole rings is 1. The molecule has 8 nitrogen and oxygen atoms in total. The van der Waals surface area contributed by atoms with Gasteiger partial charge >= 0.3 is 0 Å². The largest absolute Gasteiger partial charge is 0.502 e. The van der Waals surface area contributed by atoms with Crippen LogP contribution in [0.15, 0.2) is 40.2 Å². The molecule has 1 saturated heterocycles. The van der Waals surface area contributed by atoms with Gasteiger partial charge in [0.15, 0.2) is 16.7 Å². The van der Waals surface area contributed by atoms with Gasteiger partial charge in [-0.1, -0.05) is 11.3 Å². The average Bonchev–Trinajstić information content (AvgIpc) is 3.30. The predicted octanol–water partition coefficient (Wildman–Crippen LogP) is 3.92. The zero-order valence-electron chi connectivity index (χ0n) is 16.3. The highest BCUT2D eigenvalue weighted by molar-refractivity contribution is 8.18. The number of fused-ring (bicyclic) bond motifs is 1. The summed E-state index contributed by atoms with van der Waals surface area (Å²) in [5, 5.41) is 13.8. The first-order valence-corrected chi connectivity index (χ1v) is 10.3. The van der Waals surface area contributed by atoms with Crippen LogP contribution in [0.5, 0.6) is 23.0 Å². The summed E-state index contributed by atoms with van der Waals surface area (Å²) in [5.41, 5.74) is 1.46. The minimum atomic E-state index is -0.271. The Morgan fingerprint density at radius 1 is 1.10 bits per heavy atom. The Morgan fingerprint density at radius 2 is 1.83 bits per heavy atom. The molecule has 0 spiro atoms. The molecule has 2 N–H and O–H groups in total. The number of nitrogens with zero attached hydrogens (tertiary/aromatic N) is 2. The standard InChI is InChI=1S/C20H17N3O5S2/c1-26-11-4-5-12-15(9-11)29-19(21-12)23-20-22-18(25)16(30-20)8-10-6-13(27-2)17(24)14(7-10)28-3/h4-9,24H,1-3H3,(H,21,22,23,25). The second kappa shape index (κ2) is 8.25. The van der Waals surface area contributed by atoms with Gasteiger partial charge in [-0.15, -0.1) is 0 Å². The van der Waals surface area contributed by atoms with Crippen molar-refractivity contribution in [1.29, 1.82) is 0 Å². The molecule has 0 radical (unpaired) electrons. The van der Waals surface area contributed by atoms with Gasteiger partial charge in [0.25, 0.3) is 5.91 Å². The number of aromatic nitrogens is 1. The molecular weight excluding hydrogens is 426 g/mol. The number of phenolic OH excluding ortho intramolecular Hbond substituents is 1. The number of hydrogen-bond acceptors (Lipinski definition) is 9. The summed E-state index contributed by atoms with van der Waals surface area (Å²) >= 11 is 2.61. The highest BCUT2D eigenvalue weighted by atomic mass is 32.2. The van der Waals surface area contributed by atoms with E-state index in [2.05, 4.69) is 15.3 Å². The van der Waals surface area contributed by atoms with Crippen LogP contribution in [0, 0.1) is 0 Å². The number of rotatable bonds is 5. The summed E-state index contributed by atoms with van der Waals surface area (Å²) in [7, 11) is 4.50. The Kier molecular flexibility index (Phi) is 5.51. The van der Waals surface area contributed by atoms with Gasteiger partial charge in [-0.3, -0.25) is 4.79 Å². The number of hydrogen-bond donors (Lipinski definition) is 2. The summed E-state index contributed by atoms with van der Waals surface area (Å²) in [6.07, 6.45) is 1.68. The van der Waals surface area contributed by atoms with E-state index in [0.29, 0.717) is 20.8 Å². The van der Waals surface area contributed by atoms with Crippen molar-refractivity contribution in [3.05, 3.63) is 40.8 Å². The van der Waals surface area contributed by atoms with E-state index in [9.17, 15) is 9.90 Å². The first kappa shape index (κ1) is 20.0. The van der Waals surface area contributed by atoms with E-state index >= 15 is 0 Å². The van der Waals surface area contributed by atoms with E-state index < -0.39 is 0 Å². The van der Waals surface area contributed by atoms with Gasteiger partial charge in [-0.2, -0.15) is 4.99 Å². The number of methoxy groups -OCH3 is 3. The van der Waals surface area contributed by atoms with Crippen LogP contribution in [0.4, 0.5) is 5.13 Å². The van der Waals surface area contributed by atoms with Crippen LogP contribution in [0.1, 0.15) is 5.56 Å². The molecule has 1 fully saturated rings. The van der Waals surface area contributed by atoms with Crippen molar-refractivity contribution >= 4 is 55.6 Å². The molecule has 2 heterocycles. The molecule has 3 aromatic rings. The number of carbonyl (C=O) groups is 1. The molecule has 0 saturated carbocycles. The second-order valence-electron chi connectivity index (χ2n) is 6.09. The molecule has 1 amide bonds. The Hall–Kier alpha value is -3.24. The van der Waals surface area contributed by atoms with Crippen LogP contribution in [0.25, 0.3) is 16.3 Å². The Bertz CT molecular complexity index is 1180. The molecule has 1 aliphatic rings. The maximum absolute atomic E-state index is 12.4. The number of nitrogens with one attached hydrogen (secondary N) is 1. The predicted molar refractivity (Wildman–Crippen MR) is 118 cm³/mol. The van der Waals surface area contributed by atoms with Gasteiger partial charge in [0.1, 0.15) is 5.75 Å². The van der Waals surface area contributed by atoms with Crippen LogP contribution in [0.2, 0.25) is 0 Å². The van der Waals surface area contributed by atoms with E-state index in [1.54, 1.807) is 25.3 Å². The molecule has 0 aliphatic carbocycles. The number of aliphatic imine (C=N–C) groups is 1. The highest BCUT2D eigenvalue weighted by Crippen LogP contribution is 2.39. The number of amidine groups is 1. The molecule has 10 heteroatoms. The SMILES string of the molecule is COc1ccc2nc(/N=C3/NC(=O)C(=Cc4cc(OC)c(O)c(OC)c4)S3)sc2c1. The summed E-state index contributed by atoms with van der Waals surface area (Å²) in [5.74, 6) is 0.888. The third kappa shape index (κ3) is 3.91. The fourth-order valence-corrected chi connectivity index (χ4v) is 4.54.